The quantitative estimate of drug-likeness (QED) is 0.715. The monoisotopic (exact) mass is 339 g/mol. The molecule has 1 N–H and O–H groups in total. The number of benzene rings is 3. The molecule has 0 aliphatic carbocycles. The number of halogens is 1. The van der Waals surface area contributed by atoms with Crippen molar-refractivity contribution in [2.24, 2.45) is 0 Å². The van der Waals surface area contributed by atoms with Crippen LogP contribution in [0.15, 0.2) is 54.6 Å². The maximum Gasteiger partial charge on any atom is 0.262 e. The zero-order valence-electron chi connectivity index (χ0n) is 13.6. The summed E-state index contributed by atoms with van der Waals surface area (Å²) >= 11 is 6.20. The highest BCUT2D eigenvalue weighted by atomic mass is 35.5. The summed E-state index contributed by atoms with van der Waals surface area (Å²) < 4.78 is 5.71. The number of carbonyl (C=O) groups excluding carboxylic acids is 1. The topological polar surface area (TPSA) is 38.3 Å². The molecule has 0 saturated heterocycles. The molecule has 0 bridgehead atoms. The maximum atomic E-state index is 12.2. The van der Waals surface area contributed by atoms with Gasteiger partial charge in [0.25, 0.3) is 5.91 Å². The van der Waals surface area contributed by atoms with Crippen molar-refractivity contribution in [2.75, 3.05) is 11.9 Å². The molecule has 0 atom stereocenters. The lowest BCUT2D eigenvalue weighted by Crippen LogP contribution is -2.20. The van der Waals surface area contributed by atoms with Crippen LogP contribution in [-0.4, -0.2) is 12.5 Å². The Hall–Kier alpha value is -2.52. The van der Waals surface area contributed by atoms with E-state index in [-0.39, 0.29) is 12.5 Å². The SMILES string of the molecule is Cc1ccc(C)c(NC(=O)COc2ccc(Cl)c3ccccc23)c1. The summed E-state index contributed by atoms with van der Waals surface area (Å²) in [5.41, 5.74) is 2.93. The summed E-state index contributed by atoms with van der Waals surface area (Å²) in [6, 6.07) is 17.2. The van der Waals surface area contributed by atoms with E-state index >= 15 is 0 Å². The van der Waals surface area contributed by atoms with Gasteiger partial charge in [0, 0.05) is 21.5 Å². The van der Waals surface area contributed by atoms with Crippen LogP contribution in [-0.2, 0) is 4.79 Å². The second kappa shape index (κ2) is 6.93. The molecule has 24 heavy (non-hydrogen) atoms. The van der Waals surface area contributed by atoms with E-state index in [9.17, 15) is 4.79 Å². The highest BCUT2D eigenvalue weighted by molar-refractivity contribution is 6.35. The van der Waals surface area contributed by atoms with Gasteiger partial charge in [-0.1, -0.05) is 48.0 Å². The first-order chi connectivity index (χ1) is 11.5. The second-order valence-electron chi connectivity index (χ2n) is 5.75. The van der Waals surface area contributed by atoms with E-state index in [1.165, 1.54) is 0 Å². The first kappa shape index (κ1) is 16.3. The molecule has 3 aromatic carbocycles. The summed E-state index contributed by atoms with van der Waals surface area (Å²) in [6.45, 7) is 3.90. The van der Waals surface area contributed by atoms with Crippen LogP contribution < -0.4 is 10.1 Å². The fraction of sp³-hybridized carbons (Fsp3) is 0.150. The smallest absolute Gasteiger partial charge is 0.262 e. The summed E-state index contributed by atoms with van der Waals surface area (Å²) in [6.07, 6.45) is 0. The number of nitrogens with one attached hydrogen (secondary N) is 1. The fourth-order valence-electron chi connectivity index (χ4n) is 2.56. The molecule has 0 heterocycles. The van der Waals surface area contributed by atoms with Crippen LogP contribution in [0.1, 0.15) is 11.1 Å². The second-order valence-corrected chi connectivity index (χ2v) is 6.15. The van der Waals surface area contributed by atoms with Crippen molar-refractivity contribution < 1.29 is 9.53 Å². The molecule has 0 spiro atoms. The molecule has 3 nitrogen and oxygen atoms in total. The van der Waals surface area contributed by atoms with Crippen LogP contribution >= 0.6 is 11.6 Å². The molecule has 3 aromatic rings. The molecule has 0 saturated carbocycles. The number of ether oxygens (including phenoxy) is 1. The third-order valence-corrected chi connectivity index (χ3v) is 4.19. The third-order valence-electron chi connectivity index (χ3n) is 3.86. The van der Waals surface area contributed by atoms with Crippen molar-refractivity contribution in [3.05, 3.63) is 70.7 Å². The molecule has 3 rings (SSSR count). The molecular formula is C20H18ClNO2. The standard InChI is InChI=1S/C20H18ClNO2/c1-13-7-8-14(2)18(11-13)22-20(23)12-24-19-10-9-17(21)15-5-3-4-6-16(15)19/h3-11H,12H2,1-2H3,(H,22,23). The number of anilines is 1. The number of hydrogen-bond acceptors (Lipinski definition) is 2. The van der Waals surface area contributed by atoms with Crippen molar-refractivity contribution in [1.82, 2.24) is 0 Å². The minimum absolute atomic E-state index is 0.0565. The van der Waals surface area contributed by atoms with Gasteiger partial charge in [0.15, 0.2) is 6.61 Å². The van der Waals surface area contributed by atoms with Crippen LogP contribution in [0.3, 0.4) is 0 Å². The number of carbonyl (C=O) groups is 1. The van der Waals surface area contributed by atoms with Gasteiger partial charge in [-0.25, -0.2) is 0 Å². The highest BCUT2D eigenvalue weighted by Gasteiger charge is 2.09. The Bertz CT molecular complexity index is 905. The average Bonchev–Trinajstić information content (AvgIpc) is 2.58. The minimum atomic E-state index is -0.192. The van der Waals surface area contributed by atoms with Crippen molar-refractivity contribution >= 4 is 34.0 Å². The van der Waals surface area contributed by atoms with E-state index in [1.54, 1.807) is 12.1 Å². The van der Waals surface area contributed by atoms with Crippen LogP contribution in [0.5, 0.6) is 5.75 Å². The number of aryl methyl sites for hydroxylation is 2. The molecule has 0 unspecified atom stereocenters. The number of hydrogen-bond donors (Lipinski definition) is 1. The summed E-state index contributed by atoms with van der Waals surface area (Å²) in [7, 11) is 0. The van der Waals surface area contributed by atoms with Gasteiger partial charge < -0.3 is 10.1 Å². The highest BCUT2D eigenvalue weighted by Crippen LogP contribution is 2.31. The van der Waals surface area contributed by atoms with E-state index in [0.717, 1.165) is 27.6 Å². The first-order valence-electron chi connectivity index (χ1n) is 7.72. The van der Waals surface area contributed by atoms with E-state index in [2.05, 4.69) is 5.32 Å². The molecule has 1 amide bonds. The lowest BCUT2D eigenvalue weighted by atomic mass is 10.1. The van der Waals surface area contributed by atoms with Gasteiger partial charge in [0.05, 0.1) is 0 Å². The maximum absolute atomic E-state index is 12.2. The molecule has 4 heteroatoms. The number of fused-ring (bicyclic) bond motifs is 1. The van der Waals surface area contributed by atoms with Crippen LogP contribution in [0.4, 0.5) is 5.69 Å². The lowest BCUT2D eigenvalue weighted by molar-refractivity contribution is -0.118. The molecule has 0 aliphatic heterocycles. The van der Waals surface area contributed by atoms with Crippen molar-refractivity contribution in [3.8, 4) is 5.75 Å². The Balaban J connectivity index is 1.73. The largest absolute Gasteiger partial charge is 0.483 e. The Kier molecular flexibility index (Phi) is 4.72. The van der Waals surface area contributed by atoms with Gasteiger partial charge in [0.2, 0.25) is 0 Å². The van der Waals surface area contributed by atoms with Crippen LogP contribution in [0, 0.1) is 13.8 Å². The van der Waals surface area contributed by atoms with Gasteiger partial charge >= 0.3 is 0 Å². The molecular weight excluding hydrogens is 322 g/mol. The van der Waals surface area contributed by atoms with Crippen molar-refractivity contribution in [1.29, 1.82) is 0 Å². The Morgan fingerprint density at radius 2 is 1.79 bits per heavy atom. The predicted octanol–water partition coefficient (Wildman–Crippen LogP) is 5.13. The third kappa shape index (κ3) is 3.52. The van der Waals surface area contributed by atoms with Crippen LogP contribution in [0.25, 0.3) is 10.8 Å². The zero-order chi connectivity index (χ0) is 17.1. The van der Waals surface area contributed by atoms with Crippen molar-refractivity contribution in [2.45, 2.75) is 13.8 Å². The predicted molar refractivity (Wildman–Crippen MR) is 99.0 cm³/mol. The molecule has 0 aliphatic rings. The average molecular weight is 340 g/mol. The van der Waals surface area contributed by atoms with E-state index in [1.807, 2.05) is 56.3 Å². The van der Waals surface area contributed by atoms with Gasteiger partial charge in [0.1, 0.15) is 5.75 Å². The minimum Gasteiger partial charge on any atom is -0.483 e. The van der Waals surface area contributed by atoms with Gasteiger partial charge in [-0.2, -0.15) is 0 Å². The van der Waals surface area contributed by atoms with Crippen molar-refractivity contribution in [3.63, 3.8) is 0 Å². The normalized spacial score (nSPS) is 10.6. The number of amides is 1. The zero-order valence-corrected chi connectivity index (χ0v) is 14.4. The van der Waals surface area contributed by atoms with Gasteiger partial charge in [-0.15, -0.1) is 0 Å². The molecule has 0 radical (unpaired) electrons. The Labute approximate surface area is 146 Å². The first-order valence-corrected chi connectivity index (χ1v) is 8.09. The van der Waals surface area contributed by atoms with E-state index in [4.69, 9.17) is 16.3 Å². The Morgan fingerprint density at radius 3 is 2.58 bits per heavy atom. The lowest BCUT2D eigenvalue weighted by Gasteiger charge is -2.12. The van der Waals surface area contributed by atoms with Gasteiger partial charge in [-0.05, 0) is 43.2 Å². The molecule has 122 valence electrons. The summed E-state index contributed by atoms with van der Waals surface area (Å²) in [4.78, 5) is 12.2. The fourth-order valence-corrected chi connectivity index (χ4v) is 2.79. The van der Waals surface area contributed by atoms with Crippen LogP contribution in [0.2, 0.25) is 5.02 Å². The molecule has 0 fully saturated rings. The van der Waals surface area contributed by atoms with E-state index in [0.29, 0.717) is 10.8 Å². The Morgan fingerprint density at radius 1 is 1.04 bits per heavy atom. The summed E-state index contributed by atoms with van der Waals surface area (Å²) in [5.74, 6) is 0.453. The summed E-state index contributed by atoms with van der Waals surface area (Å²) in [5, 5.41) is 5.36. The van der Waals surface area contributed by atoms with Gasteiger partial charge in [-0.3, -0.25) is 4.79 Å². The number of rotatable bonds is 4. The van der Waals surface area contributed by atoms with E-state index < -0.39 is 0 Å². The molecule has 0 aromatic heterocycles.